The van der Waals surface area contributed by atoms with Crippen LogP contribution in [-0.2, 0) is 19.3 Å². The van der Waals surface area contributed by atoms with Gasteiger partial charge in [0.05, 0.1) is 17.9 Å². The lowest BCUT2D eigenvalue weighted by Crippen LogP contribution is -2.26. The summed E-state index contributed by atoms with van der Waals surface area (Å²) in [5.74, 6) is -2.97. The Morgan fingerprint density at radius 2 is 1.89 bits per heavy atom. The van der Waals surface area contributed by atoms with E-state index < -0.39 is 5.92 Å². The minimum Gasteiger partial charge on any atom is -0.371 e. The van der Waals surface area contributed by atoms with Gasteiger partial charge in [0.15, 0.2) is 0 Å². The Morgan fingerprint density at radius 1 is 1.08 bits per heavy atom. The summed E-state index contributed by atoms with van der Waals surface area (Å²) in [4.78, 5) is 12.9. The van der Waals surface area contributed by atoms with Gasteiger partial charge in [-0.3, -0.25) is 4.99 Å². The summed E-state index contributed by atoms with van der Waals surface area (Å²) in [5.41, 5.74) is 7.22. The molecule has 1 heterocycles. The number of aliphatic imine (C=N–C) groups is 1. The first-order valence-electron chi connectivity index (χ1n) is 13.1. The highest BCUT2D eigenvalue weighted by Crippen LogP contribution is 2.25. The van der Waals surface area contributed by atoms with Crippen LogP contribution in [0.25, 0.3) is 10.9 Å². The van der Waals surface area contributed by atoms with Crippen LogP contribution in [0.4, 0.5) is 14.5 Å². The average molecular weight is 508 g/mol. The van der Waals surface area contributed by atoms with E-state index in [4.69, 9.17) is 0 Å². The monoisotopic (exact) mass is 507 g/mol. The van der Waals surface area contributed by atoms with Crippen LogP contribution in [0.1, 0.15) is 69.3 Å². The summed E-state index contributed by atoms with van der Waals surface area (Å²) < 4.78 is 27.1. The van der Waals surface area contributed by atoms with Crippen LogP contribution in [0.5, 0.6) is 0 Å². The van der Waals surface area contributed by atoms with Gasteiger partial charge in [0.2, 0.25) is 0 Å². The Balaban J connectivity index is 1.71. The number of aryl methyl sites for hydroxylation is 2. The molecule has 3 aromatic rings. The second-order valence-electron chi connectivity index (χ2n) is 9.50. The van der Waals surface area contributed by atoms with E-state index >= 15 is 0 Å². The topological polar surface area (TPSA) is 62.2 Å². The van der Waals surface area contributed by atoms with Crippen molar-refractivity contribution in [1.29, 1.82) is 0 Å². The molecule has 0 saturated carbocycles. The molecule has 2 N–H and O–H groups in total. The summed E-state index contributed by atoms with van der Waals surface area (Å²) in [6, 6.07) is 12.7. The normalized spacial score (nSPS) is 12.7. The first-order chi connectivity index (χ1) is 17.7. The van der Waals surface area contributed by atoms with Gasteiger partial charge in [-0.2, -0.15) is 8.78 Å². The second kappa shape index (κ2) is 13.3. The Bertz CT molecular complexity index is 1240. The van der Waals surface area contributed by atoms with E-state index in [9.17, 15) is 8.78 Å². The minimum absolute atomic E-state index is 0.254. The summed E-state index contributed by atoms with van der Waals surface area (Å²) in [5, 5.41) is 7.53. The van der Waals surface area contributed by atoms with Crippen LogP contribution in [0, 0.1) is 0 Å². The zero-order valence-corrected chi connectivity index (χ0v) is 22.7. The highest BCUT2D eigenvalue weighted by atomic mass is 19.3. The van der Waals surface area contributed by atoms with Crippen LogP contribution in [0.2, 0.25) is 0 Å². The molecular formula is C30H39F2N5. The summed E-state index contributed by atoms with van der Waals surface area (Å²) in [6.07, 6.45) is 9.48. The van der Waals surface area contributed by atoms with E-state index in [1.807, 2.05) is 12.1 Å². The number of hydrogen-bond acceptors (Lipinski definition) is 5. The van der Waals surface area contributed by atoms with E-state index in [1.165, 1.54) is 43.5 Å². The molecule has 1 aromatic heterocycles. The Morgan fingerprint density at radius 3 is 2.59 bits per heavy atom. The quantitative estimate of drug-likeness (QED) is 0.147. The number of benzene rings is 2. The number of anilines is 1. The molecule has 0 unspecified atom stereocenters. The molecule has 7 heteroatoms. The van der Waals surface area contributed by atoms with Crippen molar-refractivity contribution < 1.29 is 8.78 Å². The molecule has 3 rings (SSSR count). The zero-order chi connectivity index (χ0) is 26.8. The van der Waals surface area contributed by atoms with E-state index in [0.29, 0.717) is 18.8 Å². The van der Waals surface area contributed by atoms with Gasteiger partial charge in [-0.15, -0.1) is 0 Å². The smallest absolute Gasteiger partial charge is 0.286 e. The number of nitrogens with zero attached hydrogens (tertiary/aromatic N) is 3. The van der Waals surface area contributed by atoms with Gasteiger partial charge >= 0.3 is 0 Å². The number of rotatable bonds is 13. The largest absolute Gasteiger partial charge is 0.371 e. The third kappa shape index (κ3) is 8.07. The number of fused-ring (bicyclic) bond motifs is 1. The molecule has 5 nitrogen and oxygen atoms in total. The van der Waals surface area contributed by atoms with Crippen molar-refractivity contribution in [3.63, 3.8) is 0 Å². The van der Waals surface area contributed by atoms with Crippen molar-refractivity contribution in [1.82, 2.24) is 15.3 Å². The van der Waals surface area contributed by atoms with Crippen molar-refractivity contribution in [2.45, 2.75) is 72.1 Å². The first kappa shape index (κ1) is 28.2. The molecule has 198 valence electrons. The number of unbranched alkanes of at least 4 members (excludes halogenated alkanes) is 2. The lowest BCUT2D eigenvalue weighted by molar-refractivity contribution is 0.101. The fourth-order valence-corrected chi connectivity index (χ4v) is 4.43. The highest BCUT2D eigenvalue weighted by molar-refractivity contribution is 6.00. The van der Waals surface area contributed by atoms with Gasteiger partial charge in [0, 0.05) is 37.2 Å². The molecule has 37 heavy (non-hydrogen) atoms. The number of alkyl halides is 2. The highest BCUT2D eigenvalue weighted by Gasteiger charge is 2.27. The van der Waals surface area contributed by atoms with Gasteiger partial charge in [-0.25, -0.2) is 9.97 Å². The average Bonchev–Trinajstić information content (AvgIpc) is 2.87. The van der Waals surface area contributed by atoms with Crippen molar-refractivity contribution >= 4 is 22.3 Å². The maximum absolute atomic E-state index is 13.6. The standard InChI is InChI=1S/C30H39F2N5/c1-6-8-9-12-24-18-28-26(17-23(24)7-2)27(36-20-37-28)16-22-11-10-13-25(15-22)35-19-34-21(3)14-29(33-5)30(4,31)32/h10-11,13-15,17-18,20,34-35H,6-9,12,16,19H2,1-5H3/b21-14+,33-29?. The number of hydrogen-bond donors (Lipinski definition) is 2. The molecule has 0 bridgehead atoms. The molecule has 0 aliphatic heterocycles. The van der Waals surface area contributed by atoms with Gasteiger partial charge in [-0.1, -0.05) is 38.8 Å². The van der Waals surface area contributed by atoms with Crippen LogP contribution in [-0.4, -0.2) is 35.3 Å². The summed E-state index contributed by atoms with van der Waals surface area (Å²) in [6.45, 7) is 7.43. The lowest BCUT2D eigenvalue weighted by Gasteiger charge is -2.14. The van der Waals surface area contributed by atoms with Gasteiger partial charge < -0.3 is 10.6 Å². The van der Waals surface area contributed by atoms with Crippen LogP contribution in [0.15, 0.2) is 59.5 Å². The Hall–Kier alpha value is -3.35. The lowest BCUT2D eigenvalue weighted by atomic mass is 9.95. The first-order valence-corrected chi connectivity index (χ1v) is 13.1. The molecule has 0 amide bonds. The maximum atomic E-state index is 13.6. The molecule has 0 radical (unpaired) electrons. The Kier molecular flexibility index (Phi) is 10.1. The van der Waals surface area contributed by atoms with Crippen LogP contribution in [0.3, 0.4) is 0 Å². The second-order valence-corrected chi connectivity index (χ2v) is 9.50. The van der Waals surface area contributed by atoms with Gasteiger partial charge in [-0.05, 0) is 73.2 Å². The van der Waals surface area contributed by atoms with E-state index in [2.05, 4.69) is 63.7 Å². The molecular weight excluding hydrogens is 468 g/mol. The molecule has 0 saturated heterocycles. The van der Waals surface area contributed by atoms with Gasteiger partial charge in [0.1, 0.15) is 12.0 Å². The molecule has 0 spiro atoms. The predicted molar refractivity (Wildman–Crippen MR) is 151 cm³/mol. The molecule has 0 aliphatic rings. The van der Waals surface area contributed by atoms with Gasteiger partial charge in [0.25, 0.3) is 5.92 Å². The number of halogens is 2. The summed E-state index contributed by atoms with van der Waals surface area (Å²) in [7, 11) is 1.37. The third-order valence-corrected chi connectivity index (χ3v) is 6.47. The molecule has 0 fully saturated rings. The fourth-order valence-electron chi connectivity index (χ4n) is 4.43. The number of aromatic nitrogens is 2. The number of allylic oxidation sites excluding steroid dienone is 2. The van der Waals surface area contributed by atoms with Crippen molar-refractivity contribution in [3.8, 4) is 0 Å². The van der Waals surface area contributed by atoms with E-state index in [-0.39, 0.29) is 5.71 Å². The molecule has 0 aliphatic carbocycles. The predicted octanol–water partition coefficient (Wildman–Crippen LogP) is 7.10. The minimum atomic E-state index is -2.97. The molecule has 2 aromatic carbocycles. The summed E-state index contributed by atoms with van der Waals surface area (Å²) >= 11 is 0. The SMILES string of the molecule is CCCCCc1cc2ncnc(Cc3cccc(NCN/C(C)=C/C(=NC)C(C)(F)F)c3)c2cc1CC. The Labute approximate surface area is 219 Å². The number of nitrogens with one attached hydrogen (secondary N) is 2. The fraction of sp³-hybridized carbons (Fsp3) is 0.433. The van der Waals surface area contributed by atoms with E-state index in [0.717, 1.165) is 47.6 Å². The molecule has 0 atom stereocenters. The van der Waals surface area contributed by atoms with Crippen LogP contribution < -0.4 is 10.6 Å². The maximum Gasteiger partial charge on any atom is 0.286 e. The van der Waals surface area contributed by atoms with Crippen molar-refractivity contribution in [2.24, 2.45) is 4.99 Å². The van der Waals surface area contributed by atoms with Crippen molar-refractivity contribution in [3.05, 3.63) is 76.9 Å². The van der Waals surface area contributed by atoms with E-state index in [1.54, 1.807) is 13.3 Å². The van der Waals surface area contributed by atoms with Crippen LogP contribution >= 0.6 is 0 Å². The van der Waals surface area contributed by atoms with Crippen molar-refractivity contribution in [2.75, 3.05) is 19.0 Å². The third-order valence-electron chi connectivity index (χ3n) is 6.47. The zero-order valence-electron chi connectivity index (χ0n) is 22.7.